The number of amides is 1. The third kappa shape index (κ3) is 6.01. The quantitative estimate of drug-likeness (QED) is 0.404. The average molecular weight is 560 g/mol. The molecule has 0 bridgehead atoms. The predicted octanol–water partition coefficient (Wildman–Crippen LogP) is 3.97. The Balaban J connectivity index is 1.21. The summed E-state index contributed by atoms with van der Waals surface area (Å²) in [4.78, 5) is 28.4. The highest BCUT2D eigenvalue weighted by Crippen LogP contribution is 2.39. The molecule has 2 fully saturated rings. The standard InChI is InChI=1S/C27H29F4N7O2/c1-36-16-33-25-24(34-22(13-32)35-26(25)36)18-2-3-21(20(12-18)27(29,30)31)40-11-7-17-4-8-37(9-5-17)15-23(39)38-10-6-19(28)14-38/h2-3,12,16-17,19H,4-11,14-15H2,1H3/t19-/m0/s1. The van der Waals surface area contributed by atoms with E-state index >= 15 is 0 Å². The number of hydrogen-bond acceptors (Lipinski definition) is 7. The lowest BCUT2D eigenvalue weighted by atomic mass is 9.94. The van der Waals surface area contributed by atoms with E-state index in [2.05, 4.69) is 19.9 Å². The van der Waals surface area contributed by atoms with Crippen LogP contribution in [-0.4, -0.2) is 80.7 Å². The van der Waals surface area contributed by atoms with Crippen LogP contribution < -0.4 is 4.74 Å². The molecule has 1 aromatic carbocycles. The van der Waals surface area contributed by atoms with Gasteiger partial charge in [0.15, 0.2) is 5.65 Å². The van der Waals surface area contributed by atoms with Crippen LogP contribution >= 0.6 is 0 Å². The number of likely N-dealkylation sites (tertiary alicyclic amines) is 2. The summed E-state index contributed by atoms with van der Waals surface area (Å²) in [6.07, 6.45) is -1.56. The Morgan fingerprint density at radius 2 is 1.95 bits per heavy atom. The summed E-state index contributed by atoms with van der Waals surface area (Å²) in [5.41, 5.74) is -0.00512. The zero-order valence-corrected chi connectivity index (χ0v) is 22.0. The molecule has 4 heterocycles. The van der Waals surface area contributed by atoms with Crippen molar-refractivity contribution in [2.45, 2.75) is 38.0 Å². The maximum Gasteiger partial charge on any atom is 0.419 e. The molecule has 2 aliphatic heterocycles. The molecule has 0 saturated carbocycles. The largest absolute Gasteiger partial charge is 0.493 e. The van der Waals surface area contributed by atoms with E-state index in [1.54, 1.807) is 16.5 Å². The summed E-state index contributed by atoms with van der Waals surface area (Å²) in [7, 11) is 1.67. The number of alkyl halides is 4. The fourth-order valence-electron chi connectivity index (χ4n) is 5.29. The number of fused-ring (bicyclic) bond motifs is 1. The van der Waals surface area contributed by atoms with Crippen molar-refractivity contribution in [2.24, 2.45) is 13.0 Å². The van der Waals surface area contributed by atoms with Crippen molar-refractivity contribution in [3.63, 3.8) is 0 Å². The molecule has 0 aliphatic carbocycles. The Kier molecular flexibility index (Phi) is 7.89. The van der Waals surface area contributed by atoms with Gasteiger partial charge in [0.05, 0.1) is 31.6 Å². The molecule has 212 valence electrons. The molecular formula is C27H29F4N7O2. The van der Waals surface area contributed by atoms with Crippen LogP contribution in [0.5, 0.6) is 5.75 Å². The molecule has 0 N–H and O–H groups in total. The molecule has 3 aromatic rings. The van der Waals surface area contributed by atoms with Gasteiger partial charge in [-0.2, -0.15) is 23.4 Å². The fourth-order valence-corrected chi connectivity index (χ4v) is 5.29. The molecule has 2 aromatic heterocycles. The first-order valence-corrected chi connectivity index (χ1v) is 13.2. The van der Waals surface area contributed by atoms with Gasteiger partial charge in [0.2, 0.25) is 11.7 Å². The van der Waals surface area contributed by atoms with Gasteiger partial charge in [-0.15, -0.1) is 0 Å². The third-order valence-electron chi connectivity index (χ3n) is 7.55. The summed E-state index contributed by atoms with van der Waals surface area (Å²) in [6, 6.07) is 5.56. The molecular weight excluding hydrogens is 530 g/mol. The van der Waals surface area contributed by atoms with Crippen LogP contribution in [0.15, 0.2) is 24.5 Å². The van der Waals surface area contributed by atoms with Crippen molar-refractivity contribution in [1.29, 1.82) is 5.26 Å². The number of nitrogens with zero attached hydrogens (tertiary/aromatic N) is 7. The lowest BCUT2D eigenvalue weighted by Crippen LogP contribution is -2.43. The molecule has 0 radical (unpaired) electrons. The Morgan fingerprint density at radius 1 is 1.18 bits per heavy atom. The second kappa shape index (κ2) is 11.4. The fraction of sp³-hybridized carbons (Fsp3) is 0.519. The maximum atomic E-state index is 14.0. The molecule has 13 heteroatoms. The smallest absolute Gasteiger partial charge is 0.419 e. The predicted molar refractivity (Wildman–Crippen MR) is 137 cm³/mol. The number of halogens is 4. The van der Waals surface area contributed by atoms with Gasteiger partial charge < -0.3 is 14.2 Å². The number of benzene rings is 1. The molecule has 40 heavy (non-hydrogen) atoms. The third-order valence-corrected chi connectivity index (χ3v) is 7.55. The molecule has 1 atom stereocenters. The first-order chi connectivity index (χ1) is 19.1. The number of aryl methyl sites for hydroxylation is 1. The highest BCUT2D eigenvalue weighted by Gasteiger charge is 2.35. The number of carbonyl (C=O) groups is 1. The van der Waals surface area contributed by atoms with Gasteiger partial charge in [0.1, 0.15) is 29.2 Å². The molecule has 0 spiro atoms. The highest BCUT2D eigenvalue weighted by molar-refractivity contribution is 5.88. The first kappa shape index (κ1) is 27.8. The highest BCUT2D eigenvalue weighted by atomic mass is 19.4. The number of ether oxygens (including phenoxy) is 1. The number of piperidine rings is 1. The number of imidazole rings is 1. The van der Waals surface area contributed by atoms with Crippen LogP contribution in [0.2, 0.25) is 0 Å². The van der Waals surface area contributed by atoms with Crippen LogP contribution in [0.4, 0.5) is 17.6 Å². The lowest BCUT2D eigenvalue weighted by Gasteiger charge is -2.32. The topological polar surface area (TPSA) is 100 Å². The van der Waals surface area contributed by atoms with E-state index < -0.39 is 17.9 Å². The number of hydrogen-bond donors (Lipinski definition) is 0. The van der Waals surface area contributed by atoms with E-state index in [9.17, 15) is 27.6 Å². The van der Waals surface area contributed by atoms with Crippen LogP contribution in [-0.2, 0) is 18.0 Å². The van der Waals surface area contributed by atoms with Crippen molar-refractivity contribution >= 4 is 17.1 Å². The number of carbonyl (C=O) groups excluding carboxylic acids is 1. The minimum absolute atomic E-state index is 0.0559. The summed E-state index contributed by atoms with van der Waals surface area (Å²) in [5, 5.41) is 9.30. The number of rotatable bonds is 7. The van der Waals surface area contributed by atoms with Gasteiger partial charge in [0, 0.05) is 19.2 Å². The van der Waals surface area contributed by atoms with Gasteiger partial charge >= 0.3 is 6.18 Å². The molecule has 5 rings (SSSR count). The van der Waals surface area contributed by atoms with Crippen molar-refractivity contribution in [2.75, 3.05) is 39.3 Å². The molecule has 1 amide bonds. The van der Waals surface area contributed by atoms with Crippen molar-refractivity contribution in [3.05, 3.63) is 35.9 Å². The van der Waals surface area contributed by atoms with Gasteiger partial charge in [-0.1, -0.05) is 0 Å². The Bertz CT molecular complexity index is 1430. The average Bonchev–Trinajstić information content (AvgIpc) is 3.54. The van der Waals surface area contributed by atoms with E-state index in [0.29, 0.717) is 43.6 Å². The molecule has 2 aliphatic rings. The van der Waals surface area contributed by atoms with Gasteiger partial charge in [0.25, 0.3) is 0 Å². The summed E-state index contributed by atoms with van der Waals surface area (Å²) in [6.45, 7) is 2.43. The summed E-state index contributed by atoms with van der Waals surface area (Å²) < 4.78 is 62.7. The van der Waals surface area contributed by atoms with Gasteiger partial charge in [-0.3, -0.25) is 9.69 Å². The molecule has 9 nitrogen and oxygen atoms in total. The zero-order valence-electron chi connectivity index (χ0n) is 22.0. The van der Waals surface area contributed by atoms with Crippen molar-refractivity contribution < 1.29 is 27.1 Å². The Labute approximate surface area is 228 Å². The van der Waals surface area contributed by atoms with Crippen LogP contribution in [0.1, 0.15) is 37.1 Å². The maximum absolute atomic E-state index is 14.0. The second-order valence-electron chi connectivity index (χ2n) is 10.3. The minimum atomic E-state index is -4.67. The zero-order chi connectivity index (χ0) is 28.4. The van der Waals surface area contributed by atoms with E-state index in [1.165, 1.54) is 18.5 Å². The Morgan fingerprint density at radius 3 is 2.62 bits per heavy atom. The number of aromatic nitrogens is 4. The van der Waals surface area contributed by atoms with E-state index in [-0.39, 0.29) is 54.4 Å². The normalized spacial score (nSPS) is 18.8. The first-order valence-electron chi connectivity index (χ1n) is 13.2. The summed E-state index contributed by atoms with van der Waals surface area (Å²) in [5.74, 6) is -0.229. The van der Waals surface area contributed by atoms with E-state index in [4.69, 9.17) is 4.74 Å². The Hall–Kier alpha value is -3.79. The van der Waals surface area contributed by atoms with Crippen LogP contribution in [0.3, 0.4) is 0 Å². The molecule has 0 unspecified atom stereocenters. The van der Waals surface area contributed by atoms with Crippen LogP contribution in [0.25, 0.3) is 22.4 Å². The van der Waals surface area contributed by atoms with Gasteiger partial charge in [-0.05, 0) is 62.9 Å². The van der Waals surface area contributed by atoms with Crippen molar-refractivity contribution in [3.8, 4) is 23.1 Å². The minimum Gasteiger partial charge on any atom is -0.493 e. The monoisotopic (exact) mass is 559 g/mol. The SMILES string of the molecule is Cn1cnc2c(-c3ccc(OCCC4CCN(CC(=O)N5CC[C@H](F)C5)CC4)c(C(F)(F)F)c3)nc(C#N)nc21. The van der Waals surface area contributed by atoms with E-state index in [0.717, 1.165) is 18.9 Å². The van der Waals surface area contributed by atoms with Crippen molar-refractivity contribution in [1.82, 2.24) is 29.3 Å². The van der Waals surface area contributed by atoms with Crippen LogP contribution in [0, 0.1) is 17.2 Å². The van der Waals surface area contributed by atoms with E-state index in [1.807, 2.05) is 6.07 Å². The molecule has 2 saturated heterocycles. The second-order valence-corrected chi connectivity index (χ2v) is 10.3. The number of nitriles is 1. The summed E-state index contributed by atoms with van der Waals surface area (Å²) >= 11 is 0. The lowest BCUT2D eigenvalue weighted by molar-refractivity contribution is -0.139. The van der Waals surface area contributed by atoms with Gasteiger partial charge in [-0.25, -0.2) is 14.4 Å².